The second-order valence-corrected chi connectivity index (χ2v) is 18.6. The van der Waals surface area contributed by atoms with E-state index in [1.54, 1.807) is 65.2 Å². The molecule has 4 heteroatoms. The number of nitrogens with zero attached hydrogens (tertiary/aromatic N) is 3. The van der Waals surface area contributed by atoms with Crippen molar-refractivity contribution in [3.05, 3.63) is 167 Å². The lowest BCUT2D eigenvalue weighted by molar-refractivity contribution is 0.446. The number of aryl methyl sites for hydroxylation is 1. The van der Waals surface area contributed by atoms with Crippen LogP contribution in [0.5, 0.6) is 5.75 Å². The third kappa shape index (κ3) is 8.04. The lowest BCUT2D eigenvalue weighted by Crippen LogP contribution is -2.17. The third-order valence-electron chi connectivity index (χ3n) is 11.0. The molecule has 2 heterocycles. The molecule has 0 saturated carbocycles. The van der Waals surface area contributed by atoms with E-state index in [2.05, 4.69) is 4.98 Å². The molecule has 0 unspecified atom stereocenters. The van der Waals surface area contributed by atoms with Crippen molar-refractivity contribution >= 4 is 11.0 Å². The first-order valence-corrected chi connectivity index (χ1v) is 20.2. The fourth-order valence-corrected chi connectivity index (χ4v) is 7.55. The Morgan fingerprint density at radius 2 is 1.31 bits per heavy atom. The van der Waals surface area contributed by atoms with Gasteiger partial charge in [-0.2, -0.15) is 0 Å². The summed E-state index contributed by atoms with van der Waals surface area (Å²) in [5, 5.41) is 12.6. The summed E-state index contributed by atoms with van der Waals surface area (Å²) in [6, 6.07) is 21.8. The number of hydrogen-bond donors (Lipinski definition) is 1. The highest BCUT2D eigenvalue weighted by molar-refractivity contribution is 5.97. The minimum absolute atomic E-state index is 0.0669. The van der Waals surface area contributed by atoms with Gasteiger partial charge >= 0.3 is 0 Å². The molecule has 0 saturated heterocycles. The standard InChI is InChI=1S/C57H59N3O/c1-35-21-23-38(24-22-35)40-25-26-58-50(31-40)42-28-41(29-43(30-42)55(4,5)6)46-19-16-20-51-52(46)59-54(48-32-44(56(7,8)9)33-49(53(48)61)57(10,11)12)60(51)45-27-36(2)37(3)47(34-45)39-17-14-13-15-18-39/h13-34,61H,1-12H3/i1D3,2D3,3D3,21D,22D,23D,24D,25D,26D,31D. The summed E-state index contributed by atoms with van der Waals surface area (Å²) in [7, 11) is 0. The normalized spacial score (nSPS) is 16.7. The van der Waals surface area contributed by atoms with Crippen molar-refractivity contribution in [1.29, 1.82) is 0 Å². The zero-order valence-corrected chi connectivity index (χ0v) is 35.9. The smallest absolute Gasteiger partial charge is 0.149 e. The van der Waals surface area contributed by atoms with Gasteiger partial charge in [-0.15, -0.1) is 0 Å². The molecule has 6 aromatic carbocycles. The summed E-state index contributed by atoms with van der Waals surface area (Å²) in [4.78, 5) is 9.80. The fourth-order valence-electron chi connectivity index (χ4n) is 7.55. The molecule has 0 bridgehead atoms. The molecule has 0 radical (unpaired) electrons. The summed E-state index contributed by atoms with van der Waals surface area (Å²) >= 11 is 0. The molecule has 0 amide bonds. The van der Waals surface area contributed by atoms with Crippen LogP contribution in [0.25, 0.3) is 72.7 Å². The maximum Gasteiger partial charge on any atom is 0.149 e. The van der Waals surface area contributed by atoms with E-state index >= 15 is 0 Å². The topological polar surface area (TPSA) is 50.9 Å². The van der Waals surface area contributed by atoms with E-state index in [-0.39, 0.29) is 39.6 Å². The minimum atomic E-state index is -3.01. The van der Waals surface area contributed by atoms with Gasteiger partial charge in [0.1, 0.15) is 11.6 Å². The molecule has 308 valence electrons. The van der Waals surface area contributed by atoms with E-state index < -0.39 is 101 Å². The van der Waals surface area contributed by atoms with Crippen molar-refractivity contribution in [2.24, 2.45) is 0 Å². The van der Waals surface area contributed by atoms with Crippen LogP contribution in [0.4, 0.5) is 0 Å². The number of para-hydroxylation sites is 1. The van der Waals surface area contributed by atoms with Gasteiger partial charge in [-0.1, -0.05) is 147 Å². The van der Waals surface area contributed by atoms with Gasteiger partial charge < -0.3 is 5.11 Å². The molecule has 0 spiro atoms. The number of fused-ring (bicyclic) bond motifs is 1. The molecule has 0 fully saturated rings. The molecular formula is C57H59N3O. The zero-order chi connectivity index (χ0) is 57.2. The second-order valence-electron chi connectivity index (χ2n) is 18.6. The number of aromatic nitrogens is 3. The number of pyridine rings is 1. The number of phenols is 1. The Hall–Kier alpha value is -6.26. The van der Waals surface area contributed by atoms with Gasteiger partial charge in [-0.3, -0.25) is 9.55 Å². The molecule has 61 heavy (non-hydrogen) atoms. The first-order chi connectivity index (χ1) is 35.3. The first-order valence-electron chi connectivity index (χ1n) is 28.2. The number of aromatic hydroxyl groups is 1. The Morgan fingerprint density at radius 3 is 1.98 bits per heavy atom. The quantitative estimate of drug-likeness (QED) is 0.182. The lowest BCUT2D eigenvalue weighted by Gasteiger charge is -2.27. The highest BCUT2D eigenvalue weighted by Gasteiger charge is 2.29. The maximum atomic E-state index is 12.6. The Labute approximate surface area is 385 Å². The SMILES string of the molecule is [2H]c1nc(-c2cc(-c3cccc4c3nc(-c3cc(C(C)(C)C)cc(C(C)(C)C)c3O)n4-c3cc(-c4ccccc4)c(C([2H])([2H])[2H])c(C([2H])([2H])[2H])c3)cc(C(C)(C)C)c2)c([2H])c(-c2c([2H])c([2H])c(C([2H])([2H])[2H])c([2H])c2[2H])c1[2H]. The molecule has 8 rings (SSSR count). The van der Waals surface area contributed by atoms with E-state index in [0.29, 0.717) is 38.9 Å². The summed E-state index contributed by atoms with van der Waals surface area (Å²) in [6.45, 7) is 9.21. The second kappa shape index (κ2) is 15.3. The average Bonchev–Trinajstić information content (AvgIpc) is 3.73. The molecule has 1 N–H and O–H groups in total. The predicted octanol–water partition coefficient (Wildman–Crippen LogP) is 15.3. The lowest BCUT2D eigenvalue weighted by atomic mass is 9.79. The summed E-state index contributed by atoms with van der Waals surface area (Å²) in [5.74, 6) is 0.141. The number of imidazole rings is 1. The summed E-state index contributed by atoms with van der Waals surface area (Å²) < 4.78 is 140. The van der Waals surface area contributed by atoms with E-state index in [1.807, 2.05) is 86.6 Å². The van der Waals surface area contributed by atoms with Gasteiger partial charge in [0.25, 0.3) is 0 Å². The Balaban J connectivity index is 1.51. The van der Waals surface area contributed by atoms with E-state index in [4.69, 9.17) is 25.5 Å². The Kier molecular flexibility index (Phi) is 6.57. The molecule has 0 aliphatic rings. The van der Waals surface area contributed by atoms with Gasteiger partial charge in [0.2, 0.25) is 0 Å². The van der Waals surface area contributed by atoms with Crippen LogP contribution < -0.4 is 0 Å². The van der Waals surface area contributed by atoms with Crippen molar-refractivity contribution in [3.63, 3.8) is 0 Å². The van der Waals surface area contributed by atoms with Crippen LogP contribution in [0.3, 0.4) is 0 Å². The van der Waals surface area contributed by atoms with Crippen LogP contribution >= 0.6 is 0 Å². The van der Waals surface area contributed by atoms with Crippen LogP contribution in [0.15, 0.2) is 133 Å². The summed E-state index contributed by atoms with van der Waals surface area (Å²) in [6.07, 6.45) is -0.640. The van der Waals surface area contributed by atoms with Crippen molar-refractivity contribution in [3.8, 4) is 67.5 Å². The van der Waals surface area contributed by atoms with Crippen molar-refractivity contribution in [2.45, 2.75) is 99.1 Å². The van der Waals surface area contributed by atoms with E-state index in [0.717, 1.165) is 11.1 Å². The van der Waals surface area contributed by atoms with Crippen molar-refractivity contribution < 1.29 is 27.0 Å². The monoisotopic (exact) mass is 818 g/mol. The van der Waals surface area contributed by atoms with Crippen LogP contribution in [0.2, 0.25) is 0 Å². The first kappa shape index (κ1) is 26.2. The molecule has 0 aliphatic carbocycles. The third-order valence-corrected chi connectivity index (χ3v) is 11.0. The van der Waals surface area contributed by atoms with E-state index in [1.165, 1.54) is 6.07 Å². The van der Waals surface area contributed by atoms with E-state index in [9.17, 15) is 6.48 Å². The number of hydrogen-bond acceptors (Lipinski definition) is 3. The largest absolute Gasteiger partial charge is 0.507 e. The molecule has 4 nitrogen and oxygen atoms in total. The van der Waals surface area contributed by atoms with Gasteiger partial charge in [0.15, 0.2) is 0 Å². The number of benzene rings is 6. The van der Waals surface area contributed by atoms with Gasteiger partial charge in [0, 0.05) is 40.9 Å². The van der Waals surface area contributed by atoms with Crippen LogP contribution in [-0.4, -0.2) is 19.6 Å². The number of rotatable bonds is 6. The minimum Gasteiger partial charge on any atom is -0.507 e. The van der Waals surface area contributed by atoms with Crippen molar-refractivity contribution in [1.82, 2.24) is 14.5 Å². The van der Waals surface area contributed by atoms with Crippen molar-refractivity contribution in [2.75, 3.05) is 0 Å². The zero-order valence-electron chi connectivity index (χ0n) is 51.9. The van der Waals surface area contributed by atoms with Gasteiger partial charge in [-0.25, -0.2) is 4.98 Å². The predicted molar refractivity (Wildman–Crippen MR) is 258 cm³/mol. The maximum absolute atomic E-state index is 12.6. The van der Waals surface area contributed by atoms with Gasteiger partial charge in [0.05, 0.1) is 31.9 Å². The fraction of sp³-hybridized carbons (Fsp3) is 0.263. The van der Waals surface area contributed by atoms with Crippen LogP contribution in [-0.2, 0) is 16.2 Å². The van der Waals surface area contributed by atoms with Crippen LogP contribution in [0, 0.1) is 20.6 Å². The Bertz CT molecular complexity index is 3650. The van der Waals surface area contributed by atoms with Gasteiger partial charge in [-0.05, 0) is 135 Å². The highest BCUT2D eigenvalue weighted by atomic mass is 16.3. The Morgan fingerprint density at radius 1 is 0.590 bits per heavy atom. The number of phenolic OH excluding ortho intramolecular Hbond substituents is 1. The average molecular weight is 818 g/mol. The van der Waals surface area contributed by atoms with Crippen LogP contribution in [0.1, 0.15) is 118 Å². The molecule has 0 aliphatic heterocycles. The molecule has 0 atom stereocenters. The highest BCUT2D eigenvalue weighted by Crippen LogP contribution is 2.45. The summed E-state index contributed by atoms with van der Waals surface area (Å²) in [5.41, 5.74) is 1.29. The molecule has 8 aromatic rings. The molecular weight excluding hydrogens is 743 g/mol. The molecule has 2 aromatic heterocycles.